The second-order valence-corrected chi connectivity index (χ2v) is 5.02. The molecule has 2 aliphatic rings. The molecule has 1 amide bonds. The molecule has 2 aliphatic heterocycles. The van der Waals surface area contributed by atoms with Gasteiger partial charge in [0.05, 0.1) is 18.1 Å². The van der Waals surface area contributed by atoms with E-state index in [1.807, 2.05) is 0 Å². The minimum Gasteiger partial charge on any atom is -0.450 e. The summed E-state index contributed by atoms with van der Waals surface area (Å²) < 4.78 is 4.71. The van der Waals surface area contributed by atoms with E-state index >= 15 is 0 Å². The van der Waals surface area contributed by atoms with Crippen molar-refractivity contribution in [2.75, 3.05) is 6.61 Å². The Balaban J connectivity index is 1.92. The molecule has 0 aromatic carbocycles. The van der Waals surface area contributed by atoms with E-state index in [0.29, 0.717) is 5.23 Å². The molecular formula is C11H15NO7. The molecule has 8 heteroatoms. The van der Waals surface area contributed by atoms with Gasteiger partial charge in [-0.15, -0.1) is 0 Å². The lowest BCUT2D eigenvalue weighted by Gasteiger charge is -2.21. The van der Waals surface area contributed by atoms with Crippen LogP contribution >= 0.6 is 0 Å². The molecule has 8 nitrogen and oxygen atoms in total. The fourth-order valence-corrected chi connectivity index (χ4v) is 1.81. The molecule has 0 radical (unpaired) electrons. The van der Waals surface area contributed by atoms with Crippen molar-refractivity contribution < 1.29 is 33.9 Å². The van der Waals surface area contributed by atoms with E-state index in [1.165, 1.54) is 13.8 Å². The first kappa shape index (κ1) is 13.8. The van der Waals surface area contributed by atoms with Crippen molar-refractivity contribution in [2.45, 2.75) is 38.4 Å². The lowest BCUT2D eigenvalue weighted by Crippen LogP contribution is -2.40. The number of hydrogen-bond donors (Lipinski definition) is 1. The highest BCUT2D eigenvalue weighted by Crippen LogP contribution is 2.26. The molecule has 2 unspecified atom stereocenters. The third-order valence-electron chi connectivity index (χ3n) is 3.01. The summed E-state index contributed by atoms with van der Waals surface area (Å²) in [7, 11) is 0. The predicted molar refractivity (Wildman–Crippen MR) is 57.8 cm³/mol. The Morgan fingerprint density at radius 1 is 1.47 bits per heavy atom. The Kier molecular flexibility index (Phi) is 3.46. The second kappa shape index (κ2) is 4.78. The molecule has 0 aromatic rings. The Morgan fingerprint density at radius 2 is 2.16 bits per heavy atom. The summed E-state index contributed by atoms with van der Waals surface area (Å²) >= 11 is 0. The number of aliphatic hydroxyl groups is 1. The fraction of sp³-hybridized carbons (Fsp3) is 0.727. The van der Waals surface area contributed by atoms with Crippen molar-refractivity contribution in [1.29, 1.82) is 0 Å². The Labute approximate surface area is 109 Å². The number of ether oxygens (including phenoxy) is 1. The van der Waals surface area contributed by atoms with Crippen LogP contribution < -0.4 is 0 Å². The molecular weight excluding hydrogens is 258 g/mol. The maximum Gasteiger partial charge on any atom is 0.375 e. The maximum absolute atomic E-state index is 11.8. The molecule has 2 heterocycles. The summed E-state index contributed by atoms with van der Waals surface area (Å²) in [6.07, 6.45) is -0.653. The Hall–Kier alpha value is -1.67. The first-order chi connectivity index (χ1) is 8.79. The topological polar surface area (TPSA) is 102 Å². The monoisotopic (exact) mass is 273 g/mol. The van der Waals surface area contributed by atoms with E-state index in [4.69, 9.17) is 14.4 Å². The molecule has 2 fully saturated rings. The van der Waals surface area contributed by atoms with Crippen LogP contribution in [-0.4, -0.2) is 46.5 Å². The minimum absolute atomic E-state index is 0.0833. The highest BCUT2D eigenvalue weighted by atomic mass is 17.0. The SMILES string of the molecule is CC(C)(O)C1CON(OC(=O)C2CCC(=O)O2)C1=O. The van der Waals surface area contributed by atoms with Gasteiger partial charge in [-0.2, -0.15) is 0 Å². The van der Waals surface area contributed by atoms with Gasteiger partial charge in [-0.3, -0.25) is 9.59 Å². The average Bonchev–Trinajstić information content (AvgIpc) is 2.85. The molecule has 0 aliphatic carbocycles. The second-order valence-electron chi connectivity index (χ2n) is 5.02. The van der Waals surface area contributed by atoms with Gasteiger partial charge in [0.15, 0.2) is 0 Å². The quantitative estimate of drug-likeness (QED) is 0.679. The molecule has 2 saturated heterocycles. The molecule has 2 atom stereocenters. The number of cyclic esters (lactones) is 1. The Bertz CT molecular complexity index is 414. The van der Waals surface area contributed by atoms with Gasteiger partial charge in [0.1, 0.15) is 0 Å². The van der Waals surface area contributed by atoms with E-state index < -0.39 is 35.5 Å². The molecule has 1 N–H and O–H groups in total. The normalized spacial score (nSPS) is 27.6. The summed E-state index contributed by atoms with van der Waals surface area (Å²) in [6.45, 7) is 2.84. The Morgan fingerprint density at radius 3 is 2.63 bits per heavy atom. The van der Waals surface area contributed by atoms with E-state index in [-0.39, 0.29) is 19.4 Å². The predicted octanol–water partition coefficient (Wildman–Crippen LogP) is -0.689. The number of esters is 1. The van der Waals surface area contributed by atoms with Gasteiger partial charge in [-0.05, 0) is 19.1 Å². The van der Waals surface area contributed by atoms with E-state index in [1.54, 1.807) is 0 Å². The first-order valence-electron chi connectivity index (χ1n) is 5.89. The molecule has 2 rings (SSSR count). The number of nitrogens with zero attached hydrogens (tertiary/aromatic N) is 1. The van der Waals surface area contributed by atoms with Crippen molar-refractivity contribution in [1.82, 2.24) is 5.23 Å². The van der Waals surface area contributed by atoms with Gasteiger partial charge in [0.25, 0.3) is 5.91 Å². The van der Waals surface area contributed by atoms with E-state index in [2.05, 4.69) is 0 Å². The fourth-order valence-electron chi connectivity index (χ4n) is 1.81. The van der Waals surface area contributed by atoms with Gasteiger partial charge in [-0.1, -0.05) is 0 Å². The van der Waals surface area contributed by atoms with Crippen LogP contribution in [0.2, 0.25) is 0 Å². The van der Waals surface area contributed by atoms with Gasteiger partial charge in [0, 0.05) is 12.8 Å². The summed E-state index contributed by atoms with van der Waals surface area (Å²) in [6, 6.07) is 0. The van der Waals surface area contributed by atoms with Gasteiger partial charge < -0.3 is 14.7 Å². The highest BCUT2D eigenvalue weighted by Gasteiger charge is 2.45. The average molecular weight is 273 g/mol. The van der Waals surface area contributed by atoms with Crippen LogP contribution in [0.5, 0.6) is 0 Å². The van der Waals surface area contributed by atoms with Gasteiger partial charge in [0.2, 0.25) is 6.10 Å². The molecule has 0 spiro atoms. The molecule has 0 saturated carbocycles. The molecule has 19 heavy (non-hydrogen) atoms. The van der Waals surface area contributed by atoms with Crippen LogP contribution in [-0.2, 0) is 28.8 Å². The van der Waals surface area contributed by atoms with Crippen LogP contribution in [0.25, 0.3) is 0 Å². The molecule has 0 bridgehead atoms. The number of amides is 1. The highest BCUT2D eigenvalue weighted by molar-refractivity contribution is 5.85. The first-order valence-corrected chi connectivity index (χ1v) is 5.89. The third-order valence-corrected chi connectivity index (χ3v) is 3.01. The lowest BCUT2D eigenvalue weighted by molar-refractivity contribution is -0.306. The van der Waals surface area contributed by atoms with Crippen LogP contribution in [0.4, 0.5) is 0 Å². The number of carbonyl (C=O) groups is 3. The lowest BCUT2D eigenvalue weighted by atomic mass is 9.92. The summed E-state index contributed by atoms with van der Waals surface area (Å²) in [5.74, 6) is -2.81. The summed E-state index contributed by atoms with van der Waals surface area (Å²) in [5, 5.41) is 10.2. The minimum atomic E-state index is -1.28. The van der Waals surface area contributed by atoms with E-state index in [9.17, 15) is 19.5 Å². The zero-order valence-corrected chi connectivity index (χ0v) is 10.6. The standard InChI is InChI=1S/C11H15NO7/c1-11(2,16)6-5-17-12(9(6)14)19-10(15)7-3-4-8(13)18-7/h6-7,16H,3-5H2,1-2H3. The van der Waals surface area contributed by atoms with Crippen molar-refractivity contribution in [2.24, 2.45) is 5.92 Å². The number of rotatable bonds is 3. The smallest absolute Gasteiger partial charge is 0.375 e. The van der Waals surface area contributed by atoms with Gasteiger partial charge >= 0.3 is 11.9 Å². The van der Waals surface area contributed by atoms with Crippen molar-refractivity contribution in [3.8, 4) is 0 Å². The number of carbonyl (C=O) groups excluding carboxylic acids is 3. The zero-order valence-electron chi connectivity index (χ0n) is 10.6. The number of hydroxylamine groups is 2. The van der Waals surface area contributed by atoms with Crippen LogP contribution in [0.15, 0.2) is 0 Å². The van der Waals surface area contributed by atoms with Crippen molar-refractivity contribution >= 4 is 17.8 Å². The number of hydrogen-bond acceptors (Lipinski definition) is 7. The third kappa shape index (κ3) is 2.85. The zero-order chi connectivity index (χ0) is 14.2. The van der Waals surface area contributed by atoms with Gasteiger partial charge in [-0.25, -0.2) is 9.63 Å². The van der Waals surface area contributed by atoms with E-state index in [0.717, 1.165) is 0 Å². The van der Waals surface area contributed by atoms with Crippen LogP contribution in [0.3, 0.4) is 0 Å². The van der Waals surface area contributed by atoms with Crippen molar-refractivity contribution in [3.05, 3.63) is 0 Å². The van der Waals surface area contributed by atoms with Crippen molar-refractivity contribution in [3.63, 3.8) is 0 Å². The largest absolute Gasteiger partial charge is 0.450 e. The molecule has 106 valence electrons. The van der Waals surface area contributed by atoms with Crippen LogP contribution in [0.1, 0.15) is 26.7 Å². The van der Waals surface area contributed by atoms with Crippen LogP contribution in [0, 0.1) is 5.92 Å². The maximum atomic E-state index is 11.8. The molecule has 0 aromatic heterocycles. The summed E-state index contributed by atoms with van der Waals surface area (Å²) in [4.78, 5) is 43.9. The summed E-state index contributed by atoms with van der Waals surface area (Å²) in [5.41, 5.74) is -1.28.